The average molecular weight is 266 g/mol. The fourth-order valence-corrected chi connectivity index (χ4v) is 1.44. The summed E-state index contributed by atoms with van der Waals surface area (Å²) in [5.74, 6) is -0.588. The second-order valence-corrected chi connectivity index (χ2v) is 3.57. The van der Waals surface area contributed by atoms with E-state index >= 15 is 0 Å². The molecule has 0 aliphatic rings. The van der Waals surface area contributed by atoms with Gasteiger partial charge in [-0.2, -0.15) is 0 Å². The first-order valence-corrected chi connectivity index (χ1v) is 5.18. The summed E-state index contributed by atoms with van der Waals surface area (Å²) < 4.78 is 29.4. The molecule has 0 saturated heterocycles. The summed E-state index contributed by atoms with van der Waals surface area (Å²) in [7, 11) is 0. The van der Waals surface area contributed by atoms with E-state index in [1.165, 1.54) is 0 Å². The van der Waals surface area contributed by atoms with Gasteiger partial charge in [0.05, 0.1) is 23.6 Å². The number of rotatable bonds is 4. The third-order valence-corrected chi connectivity index (χ3v) is 2.30. The van der Waals surface area contributed by atoms with Crippen LogP contribution in [0.4, 0.5) is 8.78 Å². The Kier molecular flexibility index (Phi) is 4.62. The molecule has 0 aromatic carbocycles. The monoisotopic (exact) mass is 265 g/mol. The summed E-state index contributed by atoms with van der Waals surface area (Å²) >= 11 is 5.68. The molecule has 1 aromatic heterocycles. The van der Waals surface area contributed by atoms with Crippen LogP contribution in [0.1, 0.15) is 24.6 Å². The van der Waals surface area contributed by atoms with Gasteiger partial charge in [0.1, 0.15) is 0 Å². The number of hydrogen-bond acceptors (Lipinski definition) is 3. The molecule has 0 unspecified atom stereocenters. The van der Waals surface area contributed by atoms with Crippen LogP contribution in [0.15, 0.2) is 10.9 Å². The molecule has 0 atom stereocenters. The van der Waals surface area contributed by atoms with Gasteiger partial charge >= 0.3 is 5.97 Å². The second-order valence-electron chi connectivity index (χ2n) is 3.16. The van der Waals surface area contributed by atoms with Crippen LogP contribution in [-0.4, -0.2) is 17.6 Å². The SMILES string of the molecule is CCOC(=O)Cc1[nH]c(=O)c(C(F)F)cc1Cl. The molecule has 0 fully saturated rings. The maximum Gasteiger partial charge on any atom is 0.311 e. The molecule has 4 nitrogen and oxygen atoms in total. The zero-order valence-corrected chi connectivity index (χ0v) is 9.68. The van der Waals surface area contributed by atoms with Crippen molar-refractivity contribution < 1.29 is 18.3 Å². The van der Waals surface area contributed by atoms with Gasteiger partial charge in [-0.15, -0.1) is 0 Å². The summed E-state index contributed by atoms with van der Waals surface area (Å²) in [6.07, 6.45) is -3.17. The molecule has 1 N–H and O–H groups in total. The van der Waals surface area contributed by atoms with Gasteiger partial charge in [0.2, 0.25) is 0 Å². The highest BCUT2D eigenvalue weighted by Gasteiger charge is 2.16. The number of carbonyl (C=O) groups is 1. The topological polar surface area (TPSA) is 59.2 Å². The van der Waals surface area contributed by atoms with Crippen molar-refractivity contribution >= 4 is 17.6 Å². The van der Waals surface area contributed by atoms with E-state index in [2.05, 4.69) is 9.72 Å². The molecule has 94 valence electrons. The smallest absolute Gasteiger partial charge is 0.311 e. The molecule has 0 saturated carbocycles. The molecule has 0 aliphatic heterocycles. The lowest BCUT2D eigenvalue weighted by atomic mass is 10.2. The van der Waals surface area contributed by atoms with E-state index in [0.717, 1.165) is 6.07 Å². The molecular weight excluding hydrogens is 256 g/mol. The largest absolute Gasteiger partial charge is 0.466 e. The van der Waals surface area contributed by atoms with Crippen LogP contribution in [0.3, 0.4) is 0 Å². The molecule has 0 aliphatic carbocycles. The van der Waals surface area contributed by atoms with E-state index in [4.69, 9.17) is 11.6 Å². The Labute approximate surface area is 101 Å². The van der Waals surface area contributed by atoms with Crippen LogP contribution in [-0.2, 0) is 16.0 Å². The quantitative estimate of drug-likeness (QED) is 0.848. The highest BCUT2D eigenvalue weighted by Crippen LogP contribution is 2.20. The molecule has 0 spiro atoms. The average Bonchev–Trinajstić information content (AvgIpc) is 2.22. The van der Waals surface area contributed by atoms with Crippen molar-refractivity contribution in [2.45, 2.75) is 19.8 Å². The maximum absolute atomic E-state index is 12.4. The predicted molar refractivity (Wildman–Crippen MR) is 57.4 cm³/mol. The number of aromatic nitrogens is 1. The zero-order valence-electron chi connectivity index (χ0n) is 8.93. The molecule has 0 bridgehead atoms. The first-order chi connectivity index (χ1) is 7.95. The van der Waals surface area contributed by atoms with Crippen molar-refractivity contribution in [2.24, 2.45) is 0 Å². The van der Waals surface area contributed by atoms with E-state index in [9.17, 15) is 18.4 Å². The van der Waals surface area contributed by atoms with Crippen molar-refractivity contribution in [3.63, 3.8) is 0 Å². The summed E-state index contributed by atoms with van der Waals surface area (Å²) in [5, 5.41) is -0.0899. The molecule has 0 radical (unpaired) electrons. The van der Waals surface area contributed by atoms with Crippen molar-refractivity contribution in [3.8, 4) is 0 Å². The van der Waals surface area contributed by atoms with Gasteiger partial charge in [0.25, 0.3) is 12.0 Å². The Hall–Kier alpha value is -1.43. The van der Waals surface area contributed by atoms with Gasteiger partial charge in [-0.25, -0.2) is 8.78 Å². The summed E-state index contributed by atoms with van der Waals surface area (Å²) in [6, 6.07) is 0.861. The molecule has 7 heteroatoms. The van der Waals surface area contributed by atoms with E-state index in [1.54, 1.807) is 6.92 Å². The number of halogens is 3. The minimum atomic E-state index is -2.91. The van der Waals surface area contributed by atoms with Crippen LogP contribution >= 0.6 is 11.6 Å². The van der Waals surface area contributed by atoms with Crippen LogP contribution < -0.4 is 5.56 Å². The predicted octanol–water partition coefficient (Wildman–Crippen LogP) is 2.07. The maximum atomic E-state index is 12.4. The van der Waals surface area contributed by atoms with Gasteiger partial charge in [0, 0.05) is 5.69 Å². The number of pyridine rings is 1. The third kappa shape index (κ3) is 3.52. The number of esters is 1. The lowest BCUT2D eigenvalue weighted by molar-refractivity contribution is -0.142. The van der Waals surface area contributed by atoms with E-state index in [-0.39, 0.29) is 23.7 Å². The van der Waals surface area contributed by atoms with Crippen LogP contribution in [0, 0.1) is 0 Å². The minimum absolute atomic E-state index is 0.0690. The number of nitrogens with one attached hydrogen (secondary N) is 1. The van der Waals surface area contributed by atoms with Crippen molar-refractivity contribution in [2.75, 3.05) is 6.61 Å². The molecule has 1 heterocycles. The van der Waals surface area contributed by atoms with Gasteiger partial charge in [-0.1, -0.05) is 11.6 Å². The van der Waals surface area contributed by atoms with Crippen molar-refractivity contribution in [1.82, 2.24) is 4.98 Å². The molecule has 1 aromatic rings. The van der Waals surface area contributed by atoms with Crippen molar-refractivity contribution in [1.29, 1.82) is 0 Å². The van der Waals surface area contributed by atoms with Crippen LogP contribution in [0.2, 0.25) is 5.02 Å². The third-order valence-electron chi connectivity index (χ3n) is 1.96. The van der Waals surface area contributed by atoms with Gasteiger partial charge < -0.3 is 9.72 Å². The molecule has 17 heavy (non-hydrogen) atoms. The Bertz CT molecular complexity index is 473. The van der Waals surface area contributed by atoms with Crippen LogP contribution in [0.25, 0.3) is 0 Å². The molecular formula is C10H10ClF2NO3. The van der Waals surface area contributed by atoms with Gasteiger partial charge in [-0.3, -0.25) is 9.59 Å². The summed E-state index contributed by atoms with van der Waals surface area (Å²) in [5.41, 5.74) is -1.61. The van der Waals surface area contributed by atoms with Crippen molar-refractivity contribution in [3.05, 3.63) is 32.7 Å². The first kappa shape index (κ1) is 13.6. The number of hydrogen-bond donors (Lipinski definition) is 1. The van der Waals surface area contributed by atoms with Gasteiger partial charge in [0.15, 0.2) is 0 Å². The Morgan fingerprint density at radius 2 is 2.24 bits per heavy atom. The highest BCUT2D eigenvalue weighted by atomic mass is 35.5. The molecule has 0 amide bonds. The van der Waals surface area contributed by atoms with Gasteiger partial charge in [-0.05, 0) is 13.0 Å². The number of H-pyrrole nitrogens is 1. The Balaban J connectivity index is 3.00. The standard InChI is InChI=1S/C10H10ClF2NO3/c1-2-17-8(15)4-7-6(11)3-5(9(12)13)10(16)14-7/h3,9H,2,4H2,1H3,(H,14,16). The minimum Gasteiger partial charge on any atom is -0.466 e. The first-order valence-electron chi connectivity index (χ1n) is 4.81. The van der Waals surface area contributed by atoms with Crippen LogP contribution in [0.5, 0.6) is 0 Å². The van der Waals surface area contributed by atoms with E-state index in [1.807, 2.05) is 0 Å². The second kappa shape index (κ2) is 5.77. The molecule has 1 rings (SSSR count). The lowest BCUT2D eigenvalue weighted by Crippen LogP contribution is -2.18. The summed E-state index contributed by atoms with van der Waals surface area (Å²) in [6.45, 7) is 1.82. The number of ether oxygens (including phenoxy) is 1. The lowest BCUT2D eigenvalue weighted by Gasteiger charge is -2.06. The number of alkyl halides is 2. The highest BCUT2D eigenvalue weighted by molar-refractivity contribution is 6.31. The normalized spacial score (nSPS) is 10.6. The summed E-state index contributed by atoms with van der Waals surface area (Å²) in [4.78, 5) is 24.5. The number of aromatic amines is 1. The fourth-order valence-electron chi connectivity index (χ4n) is 1.21. The Morgan fingerprint density at radius 3 is 2.76 bits per heavy atom. The number of carbonyl (C=O) groups excluding carboxylic acids is 1. The zero-order chi connectivity index (χ0) is 13.0. The fraction of sp³-hybridized carbons (Fsp3) is 0.400. The van der Waals surface area contributed by atoms with E-state index in [0.29, 0.717) is 0 Å². The Morgan fingerprint density at radius 1 is 1.59 bits per heavy atom. The van der Waals surface area contributed by atoms with E-state index < -0.39 is 23.5 Å².